The van der Waals surface area contributed by atoms with Crippen LogP contribution in [0.5, 0.6) is 0 Å². The Balaban J connectivity index is 1.81. The van der Waals surface area contributed by atoms with Crippen molar-refractivity contribution in [2.75, 3.05) is 0 Å². The highest BCUT2D eigenvalue weighted by Gasteiger charge is 2.49. The van der Waals surface area contributed by atoms with Gasteiger partial charge < -0.3 is 9.84 Å². The van der Waals surface area contributed by atoms with Crippen LogP contribution in [0.25, 0.3) is 11.4 Å². The normalized spacial score (nSPS) is 19.0. The lowest BCUT2D eigenvalue weighted by atomic mass is 9.76. The zero-order chi connectivity index (χ0) is 14.4. The Morgan fingerprint density at radius 2 is 2.10 bits per heavy atom. The molecule has 7 heteroatoms. The van der Waals surface area contributed by atoms with Gasteiger partial charge in [-0.05, 0) is 46.9 Å². The summed E-state index contributed by atoms with van der Waals surface area (Å²) in [6, 6.07) is 5.90. The Morgan fingerprint density at radius 1 is 1.29 bits per heavy atom. The maximum atomic E-state index is 11.6. The van der Waals surface area contributed by atoms with Gasteiger partial charge in [-0.3, -0.25) is 0 Å². The second-order valence-electron chi connectivity index (χ2n) is 5.58. The van der Waals surface area contributed by atoms with Gasteiger partial charge in [0.1, 0.15) is 0 Å². The summed E-state index contributed by atoms with van der Waals surface area (Å²) in [4.78, 5) is 11.6. The van der Waals surface area contributed by atoms with Crippen LogP contribution in [0.3, 0.4) is 0 Å². The van der Waals surface area contributed by atoms with Crippen LogP contribution in [0.1, 0.15) is 30.4 Å². The van der Waals surface area contributed by atoms with E-state index in [0.717, 1.165) is 23.1 Å². The number of carboxylic acid groups (broad SMARTS) is 1. The van der Waals surface area contributed by atoms with Crippen LogP contribution in [0.15, 0.2) is 18.2 Å². The summed E-state index contributed by atoms with van der Waals surface area (Å²) in [7, 11) is 0. The van der Waals surface area contributed by atoms with Crippen molar-refractivity contribution < 1.29 is 14.6 Å². The smallest absolute Gasteiger partial charge is 0.331 e. The third-order valence-corrected chi connectivity index (χ3v) is 4.43. The molecule has 0 radical (unpaired) electrons. The minimum Gasteiger partial charge on any atom is -0.479 e. The summed E-state index contributed by atoms with van der Waals surface area (Å²) in [5.74, 6) is -0.362. The highest BCUT2D eigenvalue weighted by molar-refractivity contribution is 5.78. The van der Waals surface area contributed by atoms with Crippen LogP contribution in [-0.4, -0.2) is 31.3 Å². The van der Waals surface area contributed by atoms with E-state index in [1.807, 2.05) is 18.2 Å². The van der Waals surface area contributed by atoms with Crippen LogP contribution in [-0.2, 0) is 28.3 Å². The van der Waals surface area contributed by atoms with Crippen LogP contribution in [0, 0.1) is 0 Å². The number of hydrogen-bond donors (Lipinski definition) is 1. The first-order valence-corrected chi connectivity index (χ1v) is 6.93. The van der Waals surface area contributed by atoms with Crippen molar-refractivity contribution in [3.05, 3.63) is 29.3 Å². The zero-order valence-corrected chi connectivity index (χ0v) is 11.3. The van der Waals surface area contributed by atoms with Crippen molar-refractivity contribution in [1.29, 1.82) is 0 Å². The lowest BCUT2D eigenvalue weighted by Gasteiger charge is -2.37. The van der Waals surface area contributed by atoms with Gasteiger partial charge in [-0.25, -0.2) is 9.48 Å². The van der Waals surface area contributed by atoms with E-state index < -0.39 is 11.5 Å². The first-order valence-electron chi connectivity index (χ1n) is 6.93. The molecule has 0 saturated heterocycles. The largest absolute Gasteiger partial charge is 0.479 e. The minimum absolute atomic E-state index is 0.506. The molecule has 2 heterocycles. The first kappa shape index (κ1) is 12.5. The molecule has 21 heavy (non-hydrogen) atoms. The minimum atomic E-state index is -0.992. The molecule has 1 aromatic carbocycles. The number of rotatable bonds is 3. The van der Waals surface area contributed by atoms with E-state index in [0.29, 0.717) is 31.9 Å². The number of carbonyl (C=O) groups is 1. The quantitative estimate of drug-likeness (QED) is 0.915. The predicted octanol–water partition coefficient (Wildman–Crippen LogP) is 1.33. The molecule has 1 N–H and O–H groups in total. The van der Waals surface area contributed by atoms with Crippen molar-refractivity contribution in [3.63, 3.8) is 0 Å². The van der Waals surface area contributed by atoms with Gasteiger partial charge in [0.15, 0.2) is 11.4 Å². The molecular formula is C14H14N4O3. The fourth-order valence-electron chi connectivity index (χ4n) is 2.99. The Kier molecular flexibility index (Phi) is 2.58. The monoisotopic (exact) mass is 286 g/mol. The fourth-order valence-corrected chi connectivity index (χ4v) is 2.99. The Labute approximate surface area is 120 Å². The van der Waals surface area contributed by atoms with Gasteiger partial charge in [0, 0.05) is 5.56 Å². The molecule has 0 amide bonds. The molecule has 1 saturated carbocycles. The van der Waals surface area contributed by atoms with E-state index in [1.165, 1.54) is 4.68 Å². The SMILES string of the molecule is O=C(O)C1(n2nnnc2-c2ccc3c(c2)COC3)CCC1. The number of hydrogen-bond acceptors (Lipinski definition) is 5. The number of benzene rings is 1. The summed E-state index contributed by atoms with van der Waals surface area (Å²) in [6.07, 6.45) is 2.01. The lowest BCUT2D eigenvalue weighted by molar-refractivity contribution is -0.153. The second kappa shape index (κ2) is 4.36. The number of aliphatic carboxylic acids is 1. The number of fused-ring (bicyclic) bond motifs is 1. The molecule has 2 aliphatic rings. The topological polar surface area (TPSA) is 90.1 Å². The third-order valence-electron chi connectivity index (χ3n) is 4.43. The molecule has 2 aromatic rings. The highest BCUT2D eigenvalue weighted by atomic mass is 16.5. The summed E-state index contributed by atoms with van der Waals surface area (Å²) >= 11 is 0. The maximum Gasteiger partial charge on any atom is 0.331 e. The Bertz CT molecular complexity index is 721. The summed E-state index contributed by atoms with van der Waals surface area (Å²) < 4.78 is 6.87. The standard InChI is InChI=1S/C14H14N4O3/c19-13(20)14(4-1-5-14)18-12(15-16-17-18)9-2-3-10-7-21-8-11(10)6-9/h2-3,6H,1,4-5,7-8H2,(H,19,20). The van der Waals surface area contributed by atoms with Gasteiger partial charge in [-0.15, -0.1) is 5.10 Å². The summed E-state index contributed by atoms with van der Waals surface area (Å²) in [5.41, 5.74) is 2.11. The number of ether oxygens (including phenoxy) is 1. The Hall–Kier alpha value is -2.28. The van der Waals surface area contributed by atoms with Crippen molar-refractivity contribution in [2.24, 2.45) is 0 Å². The molecule has 1 aromatic heterocycles. The summed E-state index contributed by atoms with van der Waals surface area (Å²) in [6.45, 7) is 1.20. The molecule has 1 fully saturated rings. The van der Waals surface area contributed by atoms with Gasteiger partial charge in [0.25, 0.3) is 0 Å². The van der Waals surface area contributed by atoms with Crippen LogP contribution in [0.2, 0.25) is 0 Å². The van der Waals surface area contributed by atoms with E-state index in [2.05, 4.69) is 15.5 Å². The van der Waals surface area contributed by atoms with Gasteiger partial charge in [0.05, 0.1) is 13.2 Å². The molecule has 1 aliphatic heterocycles. The molecule has 108 valence electrons. The fraction of sp³-hybridized carbons (Fsp3) is 0.429. The van der Waals surface area contributed by atoms with Crippen LogP contribution < -0.4 is 0 Å². The first-order chi connectivity index (χ1) is 10.2. The van der Waals surface area contributed by atoms with Crippen LogP contribution >= 0.6 is 0 Å². The molecule has 4 rings (SSSR count). The van der Waals surface area contributed by atoms with Crippen LogP contribution in [0.4, 0.5) is 0 Å². The molecule has 1 aliphatic carbocycles. The molecule has 0 atom stereocenters. The van der Waals surface area contributed by atoms with Crippen molar-refractivity contribution in [1.82, 2.24) is 20.2 Å². The van der Waals surface area contributed by atoms with Crippen molar-refractivity contribution in [2.45, 2.75) is 38.0 Å². The number of carboxylic acids is 1. The maximum absolute atomic E-state index is 11.6. The van der Waals surface area contributed by atoms with Gasteiger partial charge in [-0.2, -0.15) is 0 Å². The molecular weight excluding hydrogens is 272 g/mol. The number of nitrogens with zero attached hydrogens (tertiary/aromatic N) is 4. The average Bonchev–Trinajstić information content (AvgIpc) is 3.04. The van der Waals surface area contributed by atoms with E-state index in [1.54, 1.807) is 0 Å². The Morgan fingerprint density at radius 3 is 2.81 bits per heavy atom. The molecule has 7 nitrogen and oxygen atoms in total. The lowest BCUT2D eigenvalue weighted by Crippen LogP contribution is -2.48. The van der Waals surface area contributed by atoms with Crippen molar-refractivity contribution >= 4 is 5.97 Å². The van der Waals surface area contributed by atoms with Gasteiger partial charge in [0.2, 0.25) is 0 Å². The average molecular weight is 286 g/mol. The molecule has 0 spiro atoms. The van der Waals surface area contributed by atoms with E-state index in [4.69, 9.17) is 4.74 Å². The molecule has 0 unspecified atom stereocenters. The van der Waals surface area contributed by atoms with Gasteiger partial charge in [-0.1, -0.05) is 12.1 Å². The van der Waals surface area contributed by atoms with Gasteiger partial charge >= 0.3 is 5.97 Å². The third kappa shape index (κ3) is 1.70. The zero-order valence-electron chi connectivity index (χ0n) is 11.3. The molecule has 0 bridgehead atoms. The van der Waals surface area contributed by atoms with E-state index >= 15 is 0 Å². The highest BCUT2D eigenvalue weighted by Crippen LogP contribution is 2.41. The summed E-state index contributed by atoms with van der Waals surface area (Å²) in [5, 5.41) is 21.2. The van der Waals surface area contributed by atoms with E-state index in [-0.39, 0.29) is 0 Å². The number of aromatic nitrogens is 4. The van der Waals surface area contributed by atoms with E-state index in [9.17, 15) is 9.90 Å². The predicted molar refractivity (Wildman–Crippen MR) is 71.2 cm³/mol. The van der Waals surface area contributed by atoms with Crippen molar-refractivity contribution in [3.8, 4) is 11.4 Å². The number of tetrazole rings is 1. The second-order valence-corrected chi connectivity index (χ2v) is 5.58.